The number of methoxy groups -OCH3 is 1. The summed E-state index contributed by atoms with van der Waals surface area (Å²) in [6.07, 6.45) is 10.6. The van der Waals surface area contributed by atoms with Gasteiger partial charge in [-0.25, -0.2) is 0 Å². The summed E-state index contributed by atoms with van der Waals surface area (Å²) >= 11 is 2.93. The first-order valence-electron chi connectivity index (χ1n) is 5.38. The van der Waals surface area contributed by atoms with Crippen LogP contribution in [0.1, 0.15) is 58.3 Å². The van der Waals surface area contributed by atoms with Crippen LogP contribution in [0.4, 0.5) is 0 Å². The second kappa shape index (κ2) is 10.3. The van der Waals surface area contributed by atoms with E-state index < -0.39 is 0 Å². The maximum absolute atomic E-state index is 5.06. The van der Waals surface area contributed by atoms with Gasteiger partial charge in [-0.15, -0.1) is 0 Å². The van der Waals surface area contributed by atoms with Gasteiger partial charge < -0.3 is 0 Å². The Labute approximate surface area is 90.6 Å². The van der Waals surface area contributed by atoms with Crippen LogP contribution in [-0.4, -0.2) is 27.3 Å². The Morgan fingerprint density at radius 3 is 2.08 bits per heavy atom. The van der Waals surface area contributed by atoms with Crippen molar-refractivity contribution in [2.45, 2.75) is 58.3 Å². The minimum absolute atomic E-state index is 1.05. The second-order valence-corrected chi connectivity index (χ2v) is 4.40. The summed E-state index contributed by atoms with van der Waals surface area (Å²) in [5.41, 5.74) is 0. The zero-order valence-corrected chi connectivity index (χ0v) is 10.7. The van der Waals surface area contributed by atoms with Gasteiger partial charge in [0.1, 0.15) is 0 Å². The quantitative estimate of drug-likeness (QED) is 0.451. The van der Waals surface area contributed by atoms with Crippen LogP contribution >= 0.6 is 0 Å². The molecule has 0 aromatic heterocycles. The van der Waals surface area contributed by atoms with Gasteiger partial charge in [0.05, 0.1) is 0 Å². The molecule has 78 valence electrons. The standard InChI is InChI=1S/C11H22OSe/c1-3-4-5-6-7-8-9-10-11(13)12-2/h3-10H2,1-2H3. The Hall–Kier alpha value is 0.189. The van der Waals surface area contributed by atoms with Crippen LogP contribution in [0.25, 0.3) is 0 Å². The molecular formula is C11H22OSe. The molecule has 0 saturated heterocycles. The normalized spacial score (nSPS) is 10.0. The van der Waals surface area contributed by atoms with Gasteiger partial charge in [-0.2, -0.15) is 0 Å². The molecule has 0 aliphatic rings. The number of hydrogen-bond donors (Lipinski definition) is 0. The predicted molar refractivity (Wildman–Crippen MR) is 60.4 cm³/mol. The third-order valence-electron chi connectivity index (χ3n) is 2.21. The molecule has 0 aromatic carbocycles. The molecule has 0 aliphatic carbocycles. The van der Waals surface area contributed by atoms with Crippen molar-refractivity contribution in [1.29, 1.82) is 0 Å². The molecule has 2 heteroatoms. The van der Waals surface area contributed by atoms with E-state index in [0.29, 0.717) is 0 Å². The molecule has 0 aromatic rings. The molecule has 0 spiro atoms. The van der Waals surface area contributed by atoms with Gasteiger partial charge in [-0.3, -0.25) is 0 Å². The second-order valence-electron chi connectivity index (χ2n) is 3.45. The Morgan fingerprint density at radius 2 is 1.54 bits per heavy atom. The molecule has 0 radical (unpaired) electrons. The molecule has 13 heavy (non-hydrogen) atoms. The number of ether oxygens (including phenoxy) is 1. The zero-order valence-electron chi connectivity index (χ0n) is 8.97. The minimum atomic E-state index is 1.05. The van der Waals surface area contributed by atoms with Gasteiger partial charge in [0.15, 0.2) is 0 Å². The fourth-order valence-corrected chi connectivity index (χ4v) is 1.63. The fraction of sp³-hybridized carbons (Fsp3) is 0.909. The number of hydrogen-bond acceptors (Lipinski definition) is 1. The summed E-state index contributed by atoms with van der Waals surface area (Å²) < 4.78 is 6.11. The van der Waals surface area contributed by atoms with Crippen molar-refractivity contribution in [2.75, 3.05) is 7.11 Å². The predicted octanol–water partition coefficient (Wildman–Crippen LogP) is 3.07. The van der Waals surface area contributed by atoms with Crippen LogP contribution in [0.5, 0.6) is 0 Å². The van der Waals surface area contributed by atoms with E-state index in [4.69, 9.17) is 4.74 Å². The van der Waals surface area contributed by atoms with E-state index in [0.717, 1.165) is 11.0 Å². The monoisotopic (exact) mass is 250 g/mol. The maximum atomic E-state index is 5.06. The van der Waals surface area contributed by atoms with Crippen LogP contribution in [0.3, 0.4) is 0 Å². The van der Waals surface area contributed by atoms with E-state index in [2.05, 4.69) is 22.5 Å². The van der Waals surface area contributed by atoms with E-state index in [1.54, 1.807) is 7.11 Å². The molecule has 0 fully saturated rings. The first-order valence-corrected chi connectivity index (χ1v) is 6.23. The molecule has 0 amide bonds. The van der Waals surface area contributed by atoms with Crippen LogP contribution < -0.4 is 0 Å². The average molecular weight is 249 g/mol. The first-order chi connectivity index (χ1) is 6.31. The molecular weight excluding hydrogens is 227 g/mol. The molecule has 1 nitrogen and oxygen atoms in total. The van der Waals surface area contributed by atoms with Crippen LogP contribution in [0.2, 0.25) is 0 Å². The van der Waals surface area contributed by atoms with Crippen molar-refractivity contribution in [3.05, 3.63) is 0 Å². The van der Waals surface area contributed by atoms with Crippen LogP contribution in [0, 0.1) is 0 Å². The summed E-state index contributed by atoms with van der Waals surface area (Å²) in [6.45, 7) is 2.26. The van der Waals surface area contributed by atoms with E-state index >= 15 is 0 Å². The number of unbranched alkanes of at least 4 members (excludes halogenated alkanes) is 6. The molecule has 0 heterocycles. The summed E-state index contributed by atoms with van der Waals surface area (Å²) in [5, 5.41) is 0. The molecule has 0 aliphatic heterocycles. The molecule has 0 rings (SSSR count). The van der Waals surface area contributed by atoms with Crippen LogP contribution in [0.15, 0.2) is 0 Å². The Bertz CT molecular complexity index is 123. The van der Waals surface area contributed by atoms with Gasteiger partial charge in [0, 0.05) is 0 Å². The van der Waals surface area contributed by atoms with Crippen molar-refractivity contribution in [3.63, 3.8) is 0 Å². The topological polar surface area (TPSA) is 9.23 Å². The van der Waals surface area contributed by atoms with E-state index in [1.165, 1.54) is 44.9 Å². The average Bonchev–Trinajstić information content (AvgIpc) is 2.16. The van der Waals surface area contributed by atoms with Gasteiger partial charge >= 0.3 is 90.3 Å². The summed E-state index contributed by atoms with van der Waals surface area (Å²) in [6, 6.07) is 0. The molecule has 0 unspecified atom stereocenters. The SMILES string of the molecule is CCCCCCCCCC(=[Se])OC. The van der Waals surface area contributed by atoms with E-state index in [9.17, 15) is 0 Å². The van der Waals surface area contributed by atoms with E-state index in [1.807, 2.05) is 0 Å². The summed E-state index contributed by atoms with van der Waals surface area (Å²) in [7, 11) is 1.73. The third kappa shape index (κ3) is 10.1. The van der Waals surface area contributed by atoms with Gasteiger partial charge in [-0.05, 0) is 0 Å². The summed E-state index contributed by atoms with van der Waals surface area (Å²) in [5.74, 6) is 0. The van der Waals surface area contributed by atoms with E-state index in [-0.39, 0.29) is 0 Å². The van der Waals surface area contributed by atoms with Crippen molar-refractivity contribution < 1.29 is 4.74 Å². The zero-order chi connectivity index (χ0) is 9.94. The number of rotatable bonds is 9. The summed E-state index contributed by atoms with van der Waals surface area (Å²) in [4.78, 5) is 0. The molecule has 0 bridgehead atoms. The third-order valence-corrected chi connectivity index (χ3v) is 2.99. The Kier molecular flexibility index (Phi) is 10.4. The van der Waals surface area contributed by atoms with Crippen molar-refractivity contribution in [3.8, 4) is 0 Å². The van der Waals surface area contributed by atoms with Gasteiger partial charge in [0.2, 0.25) is 0 Å². The Balaban J connectivity index is 2.95. The van der Waals surface area contributed by atoms with Crippen molar-refractivity contribution in [2.24, 2.45) is 0 Å². The Morgan fingerprint density at radius 1 is 1.00 bits per heavy atom. The molecule has 0 N–H and O–H groups in total. The molecule has 0 atom stereocenters. The molecule has 0 saturated carbocycles. The fourth-order valence-electron chi connectivity index (χ4n) is 1.33. The van der Waals surface area contributed by atoms with Gasteiger partial charge in [-0.1, -0.05) is 0 Å². The first kappa shape index (κ1) is 13.2. The van der Waals surface area contributed by atoms with Crippen LogP contribution in [-0.2, 0) is 4.74 Å². The van der Waals surface area contributed by atoms with Crippen molar-refractivity contribution in [1.82, 2.24) is 0 Å². The van der Waals surface area contributed by atoms with Gasteiger partial charge in [0.25, 0.3) is 0 Å². The van der Waals surface area contributed by atoms with Crippen molar-refractivity contribution >= 4 is 20.2 Å².